The fourth-order valence-electron chi connectivity index (χ4n) is 5.41. The Morgan fingerprint density at radius 3 is 2.47 bits per heavy atom. The average Bonchev–Trinajstić information content (AvgIpc) is 3.59. The van der Waals surface area contributed by atoms with Crippen LogP contribution in [-0.2, 0) is 17.9 Å². The average molecular weight is 634 g/mol. The van der Waals surface area contributed by atoms with E-state index in [1.807, 2.05) is 54.6 Å². The molecule has 7 rings (SSSR count). The van der Waals surface area contributed by atoms with Crippen molar-refractivity contribution >= 4 is 64.2 Å². The van der Waals surface area contributed by atoms with Crippen molar-refractivity contribution in [2.24, 2.45) is 0 Å². The number of carbonyl (C=O) groups excluding carboxylic acids is 1. The van der Waals surface area contributed by atoms with Gasteiger partial charge in [0.2, 0.25) is 6.79 Å². The summed E-state index contributed by atoms with van der Waals surface area (Å²) >= 11 is 6.79. The second kappa shape index (κ2) is 12.4. The molecule has 0 unspecified atom stereocenters. The van der Waals surface area contributed by atoms with Gasteiger partial charge in [-0.05, 0) is 41.5 Å². The number of benzene rings is 2. The van der Waals surface area contributed by atoms with Crippen LogP contribution in [0.15, 0.2) is 82.6 Å². The van der Waals surface area contributed by atoms with E-state index in [4.69, 9.17) is 26.7 Å². The Kier molecular flexibility index (Phi) is 8.40. The Morgan fingerprint density at radius 2 is 1.65 bits per heavy atom. The first kappa shape index (κ1) is 29.2. The molecular weight excluding hydrogens is 606 g/mol. The molecule has 4 aromatic rings. The van der Waals surface area contributed by atoms with Gasteiger partial charge in [-0.1, -0.05) is 66.4 Å². The van der Waals surface area contributed by atoms with Gasteiger partial charge >= 0.3 is 0 Å². The minimum atomic E-state index is -0.216. The maximum Gasteiger partial charge on any atom is 0.267 e. The fraction of sp³-hybridized carbons (Fsp3) is 0.226. The first-order valence-corrected chi connectivity index (χ1v) is 14.9. The van der Waals surface area contributed by atoms with Crippen LogP contribution < -0.4 is 19.9 Å². The highest BCUT2D eigenvalue weighted by molar-refractivity contribution is 8.26. The molecule has 43 heavy (non-hydrogen) atoms. The van der Waals surface area contributed by atoms with E-state index >= 15 is 0 Å². The molecule has 220 valence electrons. The number of carbonyl (C=O) groups is 1. The monoisotopic (exact) mass is 633 g/mol. The van der Waals surface area contributed by atoms with Crippen molar-refractivity contribution in [3.8, 4) is 11.5 Å². The summed E-state index contributed by atoms with van der Waals surface area (Å²) in [6.07, 6.45) is 3.38. The van der Waals surface area contributed by atoms with Gasteiger partial charge < -0.3 is 14.4 Å². The normalized spacial score (nSPS) is 17.6. The molecule has 9 nitrogen and oxygen atoms in total. The molecule has 0 spiro atoms. The van der Waals surface area contributed by atoms with E-state index in [-0.39, 0.29) is 30.7 Å². The van der Waals surface area contributed by atoms with E-state index < -0.39 is 0 Å². The smallest absolute Gasteiger partial charge is 0.267 e. The van der Waals surface area contributed by atoms with E-state index in [0.717, 1.165) is 42.3 Å². The molecular formula is C31H28ClN5O4S2. The van der Waals surface area contributed by atoms with Crippen LogP contribution in [0.5, 0.6) is 11.5 Å². The van der Waals surface area contributed by atoms with Crippen LogP contribution in [0, 0.1) is 0 Å². The molecule has 2 fully saturated rings. The number of halogens is 1. The van der Waals surface area contributed by atoms with Gasteiger partial charge in [0.25, 0.3) is 11.5 Å². The van der Waals surface area contributed by atoms with Crippen molar-refractivity contribution in [2.75, 3.05) is 37.9 Å². The zero-order valence-electron chi connectivity index (χ0n) is 23.0. The predicted molar refractivity (Wildman–Crippen MR) is 174 cm³/mol. The van der Waals surface area contributed by atoms with Gasteiger partial charge in [0.1, 0.15) is 15.8 Å². The van der Waals surface area contributed by atoms with Crippen molar-refractivity contribution in [1.29, 1.82) is 0 Å². The summed E-state index contributed by atoms with van der Waals surface area (Å²) in [5.74, 6) is 1.95. The summed E-state index contributed by atoms with van der Waals surface area (Å²) in [5, 5.41) is 0. The summed E-state index contributed by atoms with van der Waals surface area (Å²) < 4.78 is 13.0. The van der Waals surface area contributed by atoms with Crippen molar-refractivity contribution in [3.63, 3.8) is 0 Å². The number of ether oxygens (including phenoxy) is 2. The van der Waals surface area contributed by atoms with Crippen LogP contribution >= 0.6 is 36.4 Å². The Morgan fingerprint density at radius 1 is 0.884 bits per heavy atom. The number of fused-ring (bicyclic) bond motifs is 2. The van der Waals surface area contributed by atoms with Gasteiger partial charge in [-0.25, -0.2) is 4.98 Å². The van der Waals surface area contributed by atoms with Crippen LogP contribution in [0.2, 0.25) is 0 Å². The Hall–Kier alpha value is -3.90. The van der Waals surface area contributed by atoms with Gasteiger partial charge in [-0.3, -0.25) is 23.8 Å². The molecule has 12 heteroatoms. The quantitative estimate of drug-likeness (QED) is 0.224. The lowest BCUT2D eigenvalue weighted by Crippen LogP contribution is -2.47. The number of thiocarbonyl (C=S) groups is 1. The summed E-state index contributed by atoms with van der Waals surface area (Å²) in [7, 11) is 0. The van der Waals surface area contributed by atoms with Gasteiger partial charge in [-0.2, -0.15) is 0 Å². The maximum atomic E-state index is 13.8. The lowest BCUT2D eigenvalue weighted by molar-refractivity contribution is -0.122. The summed E-state index contributed by atoms with van der Waals surface area (Å²) in [6, 6.07) is 21.3. The highest BCUT2D eigenvalue weighted by atomic mass is 35.5. The number of aromatic nitrogens is 2. The standard InChI is InChI=1S/C31H27N5O4S2.ClH/c37-29-23(17-26-30(38)36(31(41)42-26)19-21-6-2-1-3-7-21)28(32-27-8-4-5-11-35(27)29)34-14-12-33(13-15-34)18-22-9-10-24-25(16-22)40-20-39-24;/h1-11,16-17H,12-15,18-20H2;1H. The molecule has 0 saturated carbocycles. The van der Waals surface area contributed by atoms with Crippen LogP contribution in [0.1, 0.15) is 16.7 Å². The zero-order valence-corrected chi connectivity index (χ0v) is 25.5. The molecule has 5 heterocycles. The molecule has 3 aliphatic heterocycles. The van der Waals surface area contributed by atoms with Gasteiger partial charge in [0, 0.05) is 38.9 Å². The van der Waals surface area contributed by atoms with Crippen molar-refractivity contribution in [2.45, 2.75) is 13.1 Å². The minimum Gasteiger partial charge on any atom is -0.454 e. The number of rotatable bonds is 6. The van der Waals surface area contributed by atoms with Gasteiger partial charge in [0.05, 0.1) is 17.0 Å². The van der Waals surface area contributed by atoms with Crippen LogP contribution in [0.25, 0.3) is 11.7 Å². The Balaban J connectivity index is 0.00000329. The Bertz CT molecular complexity index is 1790. The molecule has 0 bridgehead atoms. The SMILES string of the molecule is Cl.O=C1C(=Cc2c(N3CCN(Cc4ccc5c(c4)OCO5)CC3)nc3ccccn3c2=O)SC(=S)N1Cc1ccccc1. The van der Waals surface area contributed by atoms with Crippen LogP contribution in [0.4, 0.5) is 5.82 Å². The number of thioether (sulfide) groups is 1. The lowest BCUT2D eigenvalue weighted by atomic mass is 10.1. The van der Waals surface area contributed by atoms with E-state index in [9.17, 15) is 9.59 Å². The Labute approximate surface area is 264 Å². The van der Waals surface area contributed by atoms with Crippen molar-refractivity contribution < 1.29 is 14.3 Å². The second-order valence-corrected chi connectivity index (χ2v) is 12.0. The predicted octanol–water partition coefficient (Wildman–Crippen LogP) is 4.57. The molecule has 3 aliphatic rings. The third-order valence-corrected chi connectivity index (χ3v) is 8.97. The molecule has 0 radical (unpaired) electrons. The number of nitrogens with zero attached hydrogens (tertiary/aromatic N) is 5. The van der Waals surface area contributed by atoms with E-state index in [1.54, 1.807) is 23.2 Å². The summed E-state index contributed by atoms with van der Waals surface area (Å²) in [6.45, 7) is 4.40. The van der Waals surface area contributed by atoms with Crippen LogP contribution in [-0.4, -0.2) is 62.4 Å². The number of anilines is 1. The molecule has 1 amide bonds. The van der Waals surface area contributed by atoms with Crippen molar-refractivity contribution in [3.05, 3.63) is 105 Å². The maximum absolute atomic E-state index is 13.8. The third kappa shape index (κ3) is 5.85. The minimum absolute atomic E-state index is 0. The third-order valence-electron chi connectivity index (χ3n) is 7.60. The molecule has 0 N–H and O–H groups in total. The second-order valence-electron chi connectivity index (χ2n) is 10.3. The zero-order chi connectivity index (χ0) is 28.6. The summed E-state index contributed by atoms with van der Waals surface area (Å²) in [5.41, 5.74) is 2.89. The first-order valence-electron chi connectivity index (χ1n) is 13.7. The first-order chi connectivity index (χ1) is 20.5. The highest BCUT2D eigenvalue weighted by Crippen LogP contribution is 2.35. The number of amides is 1. The van der Waals surface area contributed by atoms with Gasteiger partial charge in [0.15, 0.2) is 11.5 Å². The number of piperazine rings is 1. The van der Waals surface area contributed by atoms with E-state index in [2.05, 4.69) is 15.9 Å². The van der Waals surface area contributed by atoms with E-state index in [0.29, 0.717) is 45.9 Å². The van der Waals surface area contributed by atoms with Crippen molar-refractivity contribution in [1.82, 2.24) is 19.2 Å². The highest BCUT2D eigenvalue weighted by Gasteiger charge is 2.33. The lowest BCUT2D eigenvalue weighted by Gasteiger charge is -2.36. The molecule has 0 atom stereocenters. The molecule has 2 saturated heterocycles. The van der Waals surface area contributed by atoms with Gasteiger partial charge in [-0.15, -0.1) is 12.4 Å². The largest absolute Gasteiger partial charge is 0.454 e. The number of hydrogen-bond acceptors (Lipinski definition) is 9. The number of pyridine rings is 1. The molecule has 2 aromatic heterocycles. The summed E-state index contributed by atoms with van der Waals surface area (Å²) in [4.78, 5) is 38.7. The van der Waals surface area contributed by atoms with Crippen LogP contribution in [0.3, 0.4) is 0 Å². The van der Waals surface area contributed by atoms with E-state index in [1.165, 1.54) is 16.2 Å². The topological polar surface area (TPSA) is 79.6 Å². The molecule has 2 aromatic carbocycles. The fourth-order valence-corrected chi connectivity index (χ4v) is 6.64. The number of hydrogen-bond donors (Lipinski definition) is 0. The molecule has 0 aliphatic carbocycles.